The summed E-state index contributed by atoms with van der Waals surface area (Å²) in [6, 6.07) is 9.63. The molecule has 1 aromatic rings. The summed E-state index contributed by atoms with van der Waals surface area (Å²) in [6.45, 7) is 0.568. The Morgan fingerprint density at radius 3 is 2.75 bits per heavy atom. The van der Waals surface area contributed by atoms with Gasteiger partial charge in [-0.3, -0.25) is 19.7 Å². The highest BCUT2D eigenvalue weighted by Gasteiger charge is 2.27. The van der Waals surface area contributed by atoms with Crippen LogP contribution in [0.1, 0.15) is 18.4 Å². The van der Waals surface area contributed by atoms with Gasteiger partial charge in [-0.25, -0.2) is 0 Å². The van der Waals surface area contributed by atoms with Gasteiger partial charge in [0.15, 0.2) is 0 Å². The molecule has 24 heavy (non-hydrogen) atoms. The van der Waals surface area contributed by atoms with Gasteiger partial charge in [0.1, 0.15) is 5.50 Å². The van der Waals surface area contributed by atoms with Gasteiger partial charge in [0, 0.05) is 25.4 Å². The lowest BCUT2D eigenvalue weighted by Crippen LogP contribution is -2.55. The van der Waals surface area contributed by atoms with Crippen LogP contribution in [-0.2, 0) is 20.8 Å². The number of hydrogen-bond acceptors (Lipinski definition) is 5. The summed E-state index contributed by atoms with van der Waals surface area (Å²) in [5.41, 5.74) is 5.93. The largest absolute Gasteiger partial charge is 0.370 e. The van der Waals surface area contributed by atoms with Crippen LogP contribution < -0.4 is 21.7 Å². The fraction of sp³-hybridized carbons (Fsp3) is 0.438. The Kier molecular flexibility index (Phi) is 7.07. The molecular formula is C16H22N4O3S. The van der Waals surface area contributed by atoms with Gasteiger partial charge in [0.05, 0.1) is 5.75 Å². The van der Waals surface area contributed by atoms with E-state index in [2.05, 4.69) is 16.0 Å². The lowest BCUT2D eigenvalue weighted by Gasteiger charge is -2.30. The molecule has 3 amide bonds. The second-order valence-electron chi connectivity index (χ2n) is 5.58. The Hall–Kier alpha value is -2.06. The van der Waals surface area contributed by atoms with Crippen molar-refractivity contribution in [2.75, 3.05) is 12.3 Å². The lowest BCUT2D eigenvalue weighted by atomic mass is 10.1. The number of nitrogens with two attached hydrogens (primary N) is 1. The molecule has 0 aromatic heterocycles. The number of carbonyl (C=O) groups is 3. The molecule has 0 bridgehead atoms. The van der Waals surface area contributed by atoms with Crippen molar-refractivity contribution in [2.24, 2.45) is 5.73 Å². The molecule has 8 heteroatoms. The van der Waals surface area contributed by atoms with E-state index >= 15 is 0 Å². The van der Waals surface area contributed by atoms with Crippen LogP contribution in [0.4, 0.5) is 0 Å². The maximum absolute atomic E-state index is 11.9. The molecule has 1 aliphatic heterocycles. The average molecular weight is 350 g/mol. The quantitative estimate of drug-likeness (QED) is 0.515. The minimum absolute atomic E-state index is 0.0935. The predicted molar refractivity (Wildman–Crippen MR) is 92.9 cm³/mol. The topological polar surface area (TPSA) is 113 Å². The molecule has 2 atom stereocenters. The van der Waals surface area contributed by atoms with Crippen molar-refractivity contribution in [1.29, 1.82) is 0 Å². The minimum atomic E-state index is -0.454. The van der Waals surface area contributed by atoms with E-state index in [1.165, 1.54) is 17.3 Å². The zero-order valence-corrected chi connectivity index (χ0v) is 14.1. The first kappa shape index (κ1) is 18.3. The molecule has 2 rings (SSSR count). The van der Waals surface area contributed by atoms with E-state index in [1.54, 1.807) is 0 Å². The van der Waals surface area contributed by atoms with Crippen molar-refractivity contribution in [2.45, 2.75) is 30.8 Å². The smallest absolute Gasteiger partial charge is 0.230 e. The van der Waals surface area contributed by atoms with Gasteiger partial charge in [-0.05, 0) is 12.0 Å². The molecular weight excluding hydrogens is 328 g/mol. The van der Waals surface area contributed by atoms with Crippen LogP contribution in [0, 0.1) is 0 Å². The summed E-state index contributed by atoms with van der Waals surface area (Å²) >= 11 is 1.28. The van der Waals surface area contributed by atoms with Crippen molar-refractivity contribution in [3.8, 4) is 0 Å². The Morgan fingerprint density at radius 2 is 2.04 bits per heavy atom. The van der Waals surface area contributed by atoms with Crippen molar-refractivity contribution >= 4 is 29.5 Å². The van der Waals surface area contributed by atoms with E-state index in [0.717, 1.165) is 6.42 Å². The molecule has 0 aliphatic carbocycles. The number of amides is 3. The summed E-state index contributed by atoms with van der Waals surface area (Å²) in [5, 5.41) is 8.69. The third-order valence-corrected chi connectivity index (χ3v) is 4.53. The molecule has 7 nitrogen and oxygen atoms in total. The predicted octanol–water partition coefficient (Wildman–Crippen LogP) is -0.284. The van der Waals surface area contributed by atoms with E-state index in [9.17, 15) is 14.4 Å². The Labute approximate surface area is 145 Å². The van der Waals surface area contributed by atoms with E-state index in [-0.39, 0.29) is 36.5 Å². The number of nitrogens with one attached hydrogen (secondary N) is 3. The summed E-state index contributed by atoms with van der Waals surface area (Å²) in [7, 11) is 0. The summed E-state index contributed by atoms with van der Waals surface area (Å²) in [4.78, 5) is 34.5. The maximum Gasteiger partial charge on any atom is 0.230 e. The number of primary amides is 1. The SMILES string of the molecule is NC(=O)CC1CC(=O)NC(SCC(=O)NCCc2ccccc2)N1. The second-order valence-corrected chi connectivity index (χ2v) is 6.68. The van der Waals surface area contributed by atoms with Gasteiger partial charge in [-0.15, -0.1) is 11.8 Å². The summed E-state index contributed by atoms with van der Waals surface area (Å²) < 4.78 is 0. The molecule has 1 fully saturated rings. The third kappa shape index (κ3) is 6.59. The molecule has 0 saturated carbocycles. The molecule has 1 aliphatic rings. The van der Waals surface area contributed by atoms with Gasteiger partial charge in [-0.2, -0.15) is 0 Å². The van der Waals surface area contributed by atoms with Gasteiger partial charge in [0.2, 0.25) is 17.7 Å². The van der Waals surface area contributed by atoms with E-state index in [0.29, 0.717) is 6.54 Å². The molecule has 0 spiro atoms. The number of thioether (sulfide) groups is 1. The highest BCUT2D eigenvalue weighted by Crippen LogP contribution is 2.13. The first-order valence-electron chi connectivity index (χ1n) is 7.79. The number of benzene rings is 1. The molecule has 5 N–H and O–H groups in total. The van der Waals surface area contributed by atoms with E-state index < -0.39 is 11.4 Å². The highest BCUT2D eigenvalue weighted by atomic mass is 32.2. The van der Waals surface area contributed by atoms with Crippen LogP contribution in [0.25, 0.3) is 0 Å². The summed E-state index contributed by atoms with van der Waals surface area (Å²) in [6.07, 6.45) is 1.09. The van der Waals surface area contributed by atoms with Crippen molar-refractivity contribution in [3.63, 3.8) is 0 Å². The van der Waals surface area contributed by atoms with Gasteiger partial charge < -0.3 is 16.4 Å². The van der Waals surface area contributed by atoms with Gasteiger partial charge >= 0.3 is 0 Å². The minimum Gasteiger partial charge on any atom is -0.370 e. The maximum atomic E-state index is 11.9. The van der Waals surface area contributed by atoms with Crippen molar-refractivity contribution in [1.82, 2.24) is 16.0 Å². The van der Waals surface area contributed by atoms with Crippen LogP contribution in [0.15, 0.2) is 30.3 Å². The van der Waals surface area contributed by atoms with E-state index in [1.807, 2.05) is 30.3 Å². The summed E-state index contributed by atoms with van der Waals surface area (Å²) in [5.74, 6) is -0.480. The Morgan fingerprint density at radius 1 is 1.29 bits per heavy atom. The highest BCUT2D eigenvalue weighted by molar-refractivity contribution is 8.00. The van der Waals surface area contributed by atoms with Crippen molar-refractivity contribution in [3.05, 3.63) is 35.9 Å². The molecule has 1 aromatic carbocycles. The van der Waals surface area contributed by atoms with Crippen molar-refractivity contribution < 1.29 is 14.4 Å². The van der Waals surface area contributed by atoms with Crippen LogP contribution in [0.5, 0.6) is 0 Å². The number of hydrogen-bond donors (Lipinski definition) is 4. The lowest BCUT2D eigenvalue weighted by molar-refractivity contribution is -0.124. The van der Waals surface area contributed by atoms with E-state index in [4.69, 9.17) is 5.73 Å². The van der Waals surface area contributed by atoms with Gasteiger partial charge in [0.25, 0.3) is 0 Å². The van der Waals surface area contributed by atoms with Crippen LogP contribution in [0.3, 0.4) is 0 Å². The fourth-order valence-electron chi connectivity index (χ4n) is 2.41. The zero-order valence-electron chi connectivity index (χ0n) is 13.3. The molecule has 1 saturated heterocycles. The Balaban J connectivity index is 1.67. The number of carbonyl (C=O) groups excluding carboxylic acids is 3. The van der Waals surface area contributed by atoms with Crippen LogP contribution >= 0.6 is 11.8 Å². The first-order valence-corrected chi connectivity index (χ1v) is 8.84. The molecule has 2 unspecified atom stereocenters. The van der Waals surface area contributed by atoms with Gasteiger partial charge in [-0.1, -0.05) is 30.3 Å². The normalized spacial score (nSPS) is 20.2. The second kappa shape index (κ2) is 9.29. The first-order chi connectivity index (χ1) is 11.5. The molecule has 1 heterocycles. The zero-order chi connectivity index (χ0) is 17.4. The molecule has 0 radical (unpaired) electrons. The average Bonchev–Trinajstić information content (AvgIpc) is 2.53. The van der Waals surface area contributed by atoms with Crippen LogP contribution in [-0.4, -0.2) is 41.6 Å². The molecule has 130 valence electrons. The fourth-order valence-corrected chi connectivity index (χ4v) is 3.33. The number of rotatable bonds is 8. The Bertz CT molecular complexity index is 580. The standard InChI is InChI=1S/C16H22N4O3S/c17-13(21)8-12-9-14(22)20-16(19-12)24-10-15(23)18-7-6-11-4-2-1-3-5-11/h1-5,12,16,19H,6-10H2,(H2,17,21)(H,18,23)(H,20,22). The van der Waals surface area contributed by atoms with Crippen LogP contribution in [0.2, 0.25) is 0 Å². The third-order valence-electron chi connectivity index (χ3n) is 3.52. The monoisotopic (exact) mass is 350 g/mol.